The summed E-state index contributed by atoms with van der Waals surface area (Å²) in [7, 11) is 0. The number of aromatic nitrogens is 1. The number of fused-ring (bicyclic) bond motifs is 13. The van der Waals surface area contributed by atoms with E-state index in [9.17, 15) is 0 Å². The number of nitrogens with zero attached hydrogens (tertiary/aromatic N) is 1. The van der Waals surface area contributed by atoms with Crippen molar-refractivity contribution in [1.29, 1.82) is 0 Å². The zero-order chi connectivity index (χ0) is 28.8. The minimum absolute atomic E-state index is 0.927. The molecule has 2 heteroatoms. The molecule has 0 aliphatic heterocycles. The van der Waals surface area contributed by atoms with Gasteiger partial charge in [0.05, 0.1) is 16.4 Å². The summed E-state index contributed by atoms with van der Waals surface area (Å²) in [4.78, 5) is 0. The van der Waals surface area contributed by atoms with E-state index < -0.39 is 0 Å². The summed E-state index contributed by atoms with van der Waals surface area (Å²) >= 11 is 0. The first kappa shape index (κ1) is 25.6. The van der Waals surface area contributed by atoms with Gasteiger partial charge in [-0.3, -0.25) is 0 Å². The van der Waals surface area contributed by atoms with E-state index in [-0.39, 0.29) is 0 Å². The molecule has 7 aromatic carbocycles. The summed E-state index contributed by atoms with van der Waals surface area (Å²) in [5.74, 6) is 0. The molecule has 2 heterocycles. The van der Waals surface area contributed by atoms with E-state index in [4.69, 9.17) is 4.42 Å². The minimum Gasteiger partial charge on any atom is -0.455 e. The summed E-state index contributed by atoms with van der Waals surface area (Å²) < 4.78 is 8.88. The predicted octanol–water partition coefficient (Wildman–Crippen LogP) is 12.0. The topological polar surface area (TPSA) is 18.1 Å². The third kappa shape index (κ3) is 3.59. The number of furan rings is 1. The molecule has 2 aromatic heterocycles. The van der Waals surface area contributed by atoms with Crippen molar-refractivity contribution in [3.8, 4) is 5.69 Å². The fourth-order valence-corrected chi connectivity index (χ4v) is 6.55. The van der Waals surface area contributed by atoms with Crippen LogP contribution in [0.4, 0.5) is 0 Å². The summed E-state index contributed by atoms with van der Waals surface area (Å²) in [6, 6.07) is 45.9. The standard InChI is InChI=1S/C36H21NO.C2H6.C2H4/c1-2-11-25-23(9-1)24-10-3-4-12-26(24)31-21-22(17-18-27(25)31)37-32-15-7-5-14-30(32)35-33(37)20-19-29-28-13-6-8-16-34(28)38-36(29)35;2*1-2/h1-21H;1-2H3;1-2H2. The Bertz CT molecular complexity index is 2390. The van der Waals surface area contributed by atoms with Gasteiger partial charge in [0.1, 0.15) is 11.2 Å². The zero-order valence-electron chi connectivity index (χ0n) is 23.9. The number of benzene rings is 7. The highest BCUT2D eigenvalue weighted by atomic mass is 16.3. The largest absolute Gasteiger partial charge is 0.455 e. The first-order valence-electron chi connectivity index (χ1n) is 14.5. The Kier molecular flexibility index (Phi) is 6.25. The van der Waals surface area contributed by atoms with Crippen LogP contribution in [0.15, 0.2) is 145 Å². The maximum absolute atomic E-state index is 6.49. The number of hydrogen-bond acceptors (Lipinski definition) is 1. The lowest BCUT2D eigenvalue weighted by molar-refractivity contribution is 0.673. The Morgan fingerprint density at radius 3 is 1.62 bits per heavy atom. The molecule has 0 saturated heterocycles. The maximum atomic E-state index is 6.49. The molecule has 0 bridgehead atoms. The van der Waals surface area contributed by atoms with Crippen molar-refractivity contribution >= 4 is 76.1 Å². The van der Waals surface area contributed by atoms with Crippen molar-refractivity contribution in [1.82, 2.24) is 4.57 Å². The fourth-order valence-electron chi connectivity index (χ4n) is 6.55. The van der Waals surface area contributed by atoms with Gasteiger partial charge < -0.3 is 8.98 Å². The number of para-hydroxylation sites is 2. The van der Waals surface area contributed by atoms with E-state index in [0.29, 0.717) is 0 Å². The van der Waals surface area contributed by atoms with Gasteiger partial charge in [-0.15, -0.1) is 13.2 Å². The van der Waals surface area contributed by atoms with Crippen molar-refractivity contribution in [2.24, 2.45) is 0 Å². The molecule has 2 nitrogen and oxygen atoms in total. The predicted molar refractivity (Wildman–Crippen MR) is 183 cm³/mol. The Labute approximate surface area is 244 Å². The lowest BCUT2D eigenvalue weighted by Crippen LogP contribution is -1.94. The van der Waals surface area contributed by atoms with Crippen LogP contribution in [0.1, 0.15) is 13.8 Å². The second kappa shape index (κ2) is 10.2. The van der Waals surface area contributed by atoms with Crippen LogP contribution in [0, 0.1) is 0 Å². The average Bonchev–Trinajstić information content (AvgIpc) is 3.62. The molecule has 0 unspecified atom stereocenters. The summed E-state index contributed by atoms with van der Waals surface area (Å²) in [5, 5.41) is 12.4. The van der Waals surface area contributed by atoms with Crippen molar-refractivity contribution in [2.45, 2.75) is 13.8 Å². The average molecular weight is 542 g/mol. The third-order valence-corrected chi connectivity index (χ3v) is 8.17. The van der Waals surface area contributed by atoms with Gasteiger partial charge in [-0.1, -0.05) is 105 Å². The normalized spacial score (nSPS) is 11.3. The van der Waals surface area contributed by atoms with Gasteiger partial charge in [0.25, 0.3) is 0 Å². The molecule has 9 rings (SSSR count). The van der Waals surface area contributed by atoms with E-state index >= 15 is 0 Å². The van der Waals surface area contributed by atoms with Gasteiger partial charge in [-0.2, -0.15) is 0 Å². The Balaban J connectivity index is 0.000000693. The second-order valence-corrected chi connectivity index (χ2v) is 10.1. The molecule has 0 amide bonds. The minimum atomic E-state index is 0.927. The van der Waals surface area contributed by atoms with Gasteiger partial charge in [0.2, 0.25) is 0 Å². The van der Waals surface area contributed by atoms with Crippen LogP contribution < -0.4 is 0 Å². The van der Waals surface area contributed by atoms with Gasteiger partial charge in [-0.05, 0) is 68.7 Å². The third-order valence-electron chi connectivity index (χ3n) is 8.17. The molecule has 9 aromatic rings. The second-order valence-electron chi connectivity index (χ2n) is 10.1. The lowest BCUT2D eigenvalue weighted by atomic mass is 9.94. The molecule has 0 saturated carbocycles. The molecule has 42 heavy (non-hydrogen) atoms. The van der Waals surface area contributed by atoms with Crippen LogP contribution in [0.25, 0.3) is 81.7 Å². The van der Waals surface area contributed by atoms with Gasteiger partial charge in [0.15, 0.2) is 0 Å². The SMILES string of the molecule is C=C.CC.c1ccc2c(c1)oc1c2ccc2c1c1ccccc1n2-c1ccc2c3ccccc3c3ccccc3c2c1. The van der Waals surface area contributed by atoms with Crippen molar-refractivity contribution in [3.05, 3.63) is 141 Å². The molecular formula is C40H31NO. The Hall–Kier alpha value is -5.34. The number of hydrogen-bond donors (Lipinski definition) is 0. The van der Waals surface area contributed by atoms with Crippen LogP contribution in [-0.4, -0.2) is 4.57 Å². The molecule has 0 atom stereocenters. The smallest absolute Gasteiger partial charge is 0.145 e. The van der Waals surface area contributed by atoms with Crippen LogP contribution >= 0.6 is 0 Å². The molecule has 0 radical (unpaired) electrons. The lowest BCUT2D eigenvalue weighted by Gasteiger charge is -2.13. The van der Waals surface area contributed by atoms with Gasteiger partial charge in [0, 0.05) is 21.8 Å². The molecule has 0 aliphatic rings. The number of rotatable bonds is 1. The van der Waals surface area contributed by atoms with E-state index in [2.05, 4.69) is 139 Å². The summed E-state index contributed by atoms with van der Waals surface area (Å²) in [6.07, 6.45) is 0. The fraction of sp³-hybridized carbons (Fsp3) is 0.0500. The highest BCUT2D eigenvalue weighted by Gasteiger charge is 2.19. The molecule has 0 spiro atoms. The van der Waals surface area contributed by atoms with Crippen molar-refractivity contribution in [3.63, 3.8) is 0 Å². The van der Waals surface area contributed by atoms with Crippen LogP contribution in [-0.2, 0) is 0 Å². The van der Waals surface area contributed by atoms with Gasteiger partial charge in [-0.25, -0.2) is 0 Å². The Morgan fingerprint density at radius 2 is 0.952 bits per heavy atom. The quantitative estimate of drug-likeness (QED) is 0.149. The van der Waals surface area contributed by atoms with Crippen LogP contribution in [0.2, 0.25) is 0 Å². The van der Waals surface area contributed by atoms with E-state index in [1.165, 1.54) is 43.2 Å². The highest BCUT2D eigenvalue weighted by Crippen LogP contribution is 2.42. The Morgan fingerprint density at radius 1 is 0.452 bits per heavy atom. The van der Waals surface area contributed by atoms with Gasteiger partial charge >= 0.3 is 0 Å². The molecule has 0 N–H and O–H groups in total. The maximum Gasteiger partial charge on any atom is 0.145 e. The molecular weight excluding hydrogens is 510 g/mol. The van der Waals surface area contributed by atoms with E-state index in [0.717, 1.165) is 38.5 Å². The van der Waals surface area contributed by atoms with Crippen LogP contribution in [0.5, 0.6) is 0 Å². The van der Waals surface area contributed by atoms with Crippen molar-refractivity contribution in [2.75, 3.05) is 0 Å². The molecule has 0 aliphatic carbocycles. The first-order valence-corrected chi connectivity index (χ1v) is 14.5. The van der Waals surface area contributed by atoms with E-state index in [1.807, 2.05) is 19.9 Å². The first-order chi connectivity index (χ1) is 20.9. The zero-order valence-corrected chi connectivity index (χ0v) is 23.9. The van der Waals surface area contributed by atoms with Crippen molar-refractivity contribution < 1.29 is 4.42 Å². The molecule has 0 fully saturated rings. The van der Waals surface area contributed by atoms with E-state index in [1.54, 1.807) is 0 Å². The summed E-state index contributed by atoms with van der Waals surface area (Å²) in [6.45, 7) is 10.0. The molecule has 202 valence electrons. The monoisotopic (exact) mass is 541 g/mol. The van der Waals surface area contributed by atoms with Crippen LogP contribution in [0.3, 0.4) is 0 Å². The summed E-state index contributed by atoms with van der Waals surface area (Å²) in [5.41, 5.74) is 5.37. The highest BCUT2D eigenvalue weighted by molar-refractivity contribution is 6.26.